The van der Waals surface area contributed by atoms with Gasteiger partial charge in [-0.05, 0) is 48.5 Å². The first-order valence-electron chi connectivity index (χ1n) is 8.47. The number of hydrogen-bond donors (Lipinski definition) is 2. The van der Waals surface area contributed by atoms with E-state index >= 15 is 0 Å². The summed E-state index contributed by atoms with van der Waals surface area (Å²) in [5.41, 5.74) is 1.42. The van der Waals surface area contributed by atoms with Crippen LogP contribution in [0.1, 0.15) is 5.56 Å². The molecule has 2 amide bonds. The Morgan fingerprint density at radius 1 is 0.897 bits per heavy atom. The maximum Gasteiger partial charge on any atom is 0.323 e. The highest BCUT2D eigenvalue weighted by Gasteiger charge is 2.29. The minimum absolute atomic E-state index is 0.0118. The van der Waals surface area contributed by atoms with Gasteiger partial charge in [0.2, 0.25) is 5.90 Å². The largest absolute Gasteiger partial charge is 0.438 e. The van der Waals surface area contributed by atoms with Gasteiger partial charge in [0.1, 0.15) is 10.6 Å². The van der Waals surface area contributed by atoms with Crippen molar-refractivity contribution >= 4 is 44.9 Å². The van der Waals surface area contributed by atoms with Crippen molar-refractivity contribution < 1.29 is 17.9 Å². The number of ether oxygens (including phenoxy) is 1. The number of sulfonamides is 1. The molecule has 0 unspecified atom stereocenters. The number of anilines is 2. The van der Waals surface area contributed by atoms with Crippen molar-refractivity contribution in [3.8, 4) is 5.75 Å². The molecule has 2 N–H and O–H groups in total. The topological polar surface area (TPSA) is 96.9 Å². The lowest BCUT2D eigenvalue weighted by atomic mass is 10.2. The number of urea groups is 1. The molecule has 7 nitrogen and oxygen atoms in total. The van der Waals surface area contributed by atoms with Crippen molar-refractivity contribution in [2.24, 2.45) is 4.40 Å². The number of carbonyl (C=O) groups excluding carboxylic acids is 1. The Morgan fingerprint density at radius 2 is 1.59 bits per heavy atom. The standard InChI is InChI=1S/C20H14ClN3O4S/c21-16-6-2-3-7-17(16)23-20(25)22-13-9-11-14(12-10-13)28-19-15-5-1-4-8-18(15)29(26,27)24-19/h1-12H,(H2,22,23,25). The second kappa shape index (κ2) is 7.57. The smallest absolute Gasteiger partial charge is 0.323 e. The van der Waals surface area contributed by atoms with Gasteiger partial charge in [0.05, 0.1) is 16.3 Å². The average molecular weight is 428 g/mol. The van der Waals surface area contributed by atoms with Gasteiger partial charge < -0.3 is 15.4 Å². The van der Waals surface area contributed by atoms with Gasteiger partial charge in [-0.15, -0.1) is 4.40 Å². The molecule has 0 saturated carbocycles. The van der Waals surface area contributed by atoms with Crippen LogP contribution in [0.5, 0.6) is 5.75 Å². The molecular formula is C20H14ClN3O4S. The SMILES string of the molecule is O=C(Nc1ccc(OC2=NS(=O)(=O)c3ccccc32)cc1)Nc1ccccc1Cl. The number of para-hydroxylation sites is 1. The van der Waals surface area contributed by atoms with E-state index < -0.39 is 16.1 Å². The Labute approximate surface area is 172 Å². The van der Waals surface area contributed by atoms with E-state index in [-0.39, 0.29) is 10.8 Å². The maximum atomic E-state index is 12.1. The van der Waals surface area contributed by atoms with Gasteiger partial charge in [-0.1, -0.05) is 35.9 Å². The van der Waals surface area contributed by atoms with Crippen LogP contribution in [0.15, 0.2) is 82.1 Å². The predicted octanol–water partition coefficient (Wildman–Crippen LogP) is 4.51. The molecule has 0 radical (unpaired) electrons. The minimum Gasteiger partial charge on any atom is -0.438 e. The van der Waals surface area contributed by atoms with Crippen LogP contribution < -0.4 is 15.4 Å². The molecule has 1 aliphatic heterocycles. The molecule has 146 valence electrons. The lowest BCUT2D eigenvalue weighted by molar-refractivity contribution is 0.262. The summed E-state index contributed by atoms with van der Waals surface area (Å²) in [6, 6.07) is 19.3. The van der Waals surface area contributed by atoms with E-state index in [1.54, 1.807) is 66.7 Å². The number of halogens is 1. The van der Waals surface area contributed by atoms with Crippen LogP contribution in [-0.2, 0) is 10.0 Å². The lowest BCUT2D eigenvalue weighted by Crippen LogP contribution is -2.19. The summed E-state index contributed by atoms with van der Waals surface area (Å²) in [6.45, 7) is 0. The molecule has 3 aromatic carbocycles. The van der Waals surface area contributed by atoms with Crippen LogP contribution >= 0.6 is 11.6 Å². The van der Waals surface area contributed by atoms with Gasteiger partial charge in [0.15, 0.2) is 0 Å². The molecule has 0 spiro atoms. The third-order valence-corrected chi connectivity index (χ3v) is 5.69. The number of rotatable bonds is 3. The molecule has 1 aliphatic rings. The Hall–Kier alpha value is -3.36. The zero-order valence-electron chi connectivity index (χ0n) is 14.8. The molecule has 0 aromatic heterocycles. The maximum absolute atomic E-state index is 12.1. The molecule has 4 rings (SSSR count). The molecule has 0 bridgehead atoms. The van der Waals surface area contributed by atoms with Crippen molar-refractivity contribution in [2.45, 2.75) is 4.90 Å². The predicted molar refractivity (Wildman–Crippen MR) is 111 cm³/mol. The van der Waals surface area contributed by atoms with Gasteiger partial charge in [-0.25, -0.2) is 4.79 Å². The van der Waals surface area contributed by atoms with Gasteiger partial charge in [0, 0.05) is 5.69 Å². The Kier molecular flexibility index (Phi) is 4.96. The Morgan fingerprint density at radius 3 is 2.34 bits per heavy atom. The zero-order chi connectivity index (χ0) is 20.4. The summed E-state index contributed by atoms with van der Waals surface area (Å²) in [6.07, 6.45) is 0. The number of carbonyl (C=O) groups is 1. The average Bonchev–Trinajstić information content (AvgIpc) is 2.96. The van der Waals surface area contributed by atoms with Crippen LogP contribution in [-0.4, -0.2) is 20.3 Å². The highest BCUT2D eigenvalue weighted by molar-refractivity contribution is 7.90. The van der Waals surface area contributed by atoms with E-state index in [0.717, 1.165) is 0 Å². The fraction of sp³-hybridized carbons (Fsp3) is 0. The minimum atomic E-state index is -3.75. The lowest BCUT2D eigenvalue weighted by Gasteiger charge is -2.10. The summed E-state index contributed by atoms with van der Waals surface area (Å²) < 4.78 is 33.5. The molecule has 0 fully saturated rings. The normalized spacial score (nSPS) is 13.9. The molecule has 29 heavy (non-hydrogen) atoms. The fourth-order valence-corrected chi connectivity index (χ4v) is 4.03. The summed E-state index contributed by atoms with van der Waals surface area (Å²) in [7, 11) is -3.75. The number of nitrogens with one attached hydrogen (secondary N) is 2. The van der Waals surface area contributed by atoms with Crippen LogP contribution in [0.2, 0.25) is 5.02 Å². The van der Waals surface area contributed by atoms with E-state index in [9.17, 15) is 13.2 Å². The van der Waals surface area contributed by atoms with Crippen LogP contribution in [0.4, 0.5) is 16.2 Å². The second-order valence-electron chi connectivity index (χ2n) is 6.05. The number of benzene rings is 3. The van der Waals surface area contributed by atoms with E-state index in [0.29, 0.717) is 27.7 Å². The number of nitrogens with zero attached hydrogens (tertiary/aromatic N) is 1. The van der Waals surface area contributed by atoms with E-state index in [4.69, 9.17) is 16.3 Å². The highest BCUT2D eigenvalue weighted by Crippen LogP contribution is 2.28. The quantitative estimate of drug-likeness (QED) is 0.642. The second-order valence-corrected chi connectivity index (χ2v) is 8.03. The Balaban J connectivity index is 1.44. The van der Waals surface area contributed by atoms with E-state index in [1.807, 2.05) is 0 Å². The third kappa shape index (κ3) is 4.08. The van der Waals surface area contributed by atoms with E-state index in [2.05, 4.69) is 15.0 Å². The first kappa shape index (κ1) is 19.0. The van der Waals surface area contributed by atoms with E-state index in [1.165, 1.54) is 6.07 Å². The summed E-state index contributed by atoms with van der Waals surface area (Å²) in [5, 5.41) is 5.76. The zero-order valence-corrected chi connectivity index (χ0v) is 16.4. The Bertz CT molecular complexity index is 1220. The van der Waals surface area contributed by atoms with Gasteiger partial charge in [-0.2, -0.15) is 8.42 Å². The van der Waals surface area contributed by atoms with Gasteiger partial charge >= 0.3 is 6.03 Å². The molecule has 0 saturated heterocycles. The van der Waals surface area contributed by atoms with Gasteiger partial charge in [-0.3, -0.25) is 0 Å². The first-order chi connectivity index (χ1) is 13.9. The molecule has 0 atom stereocenters. The monoisotopic (exact) mass is 427 g/mol. The van der Waals surface area contributed by atoms with Crippen molar-refractivity contribution in [1.82, 2.24) is 0 Å². The van der Waals surface area contributed by atoms with Crippen molar-refractivity contribution in [3.63, 3.8) is 0 Å². The highest BCUT2D eigenvalue weighted by atomic mass is 35.5. The fourth-order valence-electron chi connectivity index (χ4n) is 2.71. The molecule has 1 heterocycles. The number of hydrogen-bond acceptors (Lipinski definition) is 4. The van der Waals surface area contributed by atoms with Crippen molar-refractivity contribution in [1.29, 1.82) is 0 Å². The number of fused-ring (bicyclic) bond motifs is 1. The van der Waals surface area contributed by atoms with Crippen molar-refractivity contribution in [2.75, 3.05) is 10.6 Å². The number of amides is 2. The van der Waals surface area contributed by atoms with Crippen LogP contribution in [0.25, 0.3) is 0 Å². The van der Waals surface area contributed by atoms with Crippen LogP contribution in [0, 0.1) is 0 Å². The summed E-state index contributed by atoms with van der Waals surface area (Å²) >= 11 is 6.02. The molecule has 9 heteroatoms. The molecule has 3 aromatic rings. The first-order valence-corrected chi connectivity index (χ1v) is 10.3. The molecule has 0 aliphatic carbocycles. The molecular weight excluding hydrogens is 414 g/mol. The van der Waals surface area contributed by atoms with Crippen LogP contribution in [0.3, 0.4) is 0 Å². The summed E-state index contributed by atoms with van der Waals surface area (Å²) in [5.74, 6) is 0.394. The van der Waals surface area contributed by atoms with Crippen molar-refractivity contribution in [3.05, 3.63) is 83.4 Å². The van der Waals surface area contributed by atoms with Gasteiger partial charge in [0.25, 0.3) is 10.0 Å². The summed E-state index contributed by atoms with van der Waals surface area (Å²) in [4.78, 5) is 12.2. The third-order valence-electron chi connectivity index (χ3n) is 4.05.